The SMILES string of the molecule is CCOC=COP(=O)(O)O. The molecule has 0 saturated carbocycles. The molecule has 0 aromatic carbocycles. The van der Waals surface area contributed by atoms with Crippen molar-refractivity contribution in [2.24, 2.45) is 0 Å². The highest BCUT2D eigenvalue weighted by Gasteiger charge is 2.10. The summed E-state index contributed by atoms with van der Waals surface area (Å²) >= 11 is 0. The van der Waals surface area contributed by atoms with E-state index in [1.807, 2.05) is 0 Å². The van der Waals surface area contributed by atoms with Crippen molar-refractivity contribution < 1.29 is 23.6 Å². The van der Waals surface area contributed by atoms with E-state index in [1.165, 1.54) is 0 Å². The Morgan fingerprint density at radius 3 is 2.50 bits per heavy atom. The zero-order valence-corrected chi connectivity index (χ0v) is 6.32. The predicted octanol–water partition coefficient (Wildman–Crippen LogP) is 0.603. The average Bonchev–Trinajstić information content (AvgIpc) is 1.78. The van der Waals surface area contributed by atoms with Gasteiger partial charge in [-0.2, -0.15) is 0 Å². The number of hydrogen-bond donors (Lipinski definition) is 2. The first-order valence-electron chi connectivity index (χ1n) is 2.57. The summed E-state index contributed by atoms with van der Waals surface area (Å²) < 4.78 is 18.4. The topological polar surface area (TPSA) is 76.0 Å². The molecule has 60 valence electrons. The lowest BCUT2D eigenvalue weighted by Crippen LogP contribution is -1.80. The van der Waals surface area contributed by atoms with Crippen molar-refractivity contribution in [3.63, 3.8) is 0 Å². The molecule has 0 aromatic heterocycles. The van der Waals surface area contributed by atoms with E-state index in [0.717, 1.165) is 12.5 Å². The van der Waals surface area contributed by atoms with E-state index < -0.39 is 7.82 Å². The number of ether oxygens (including phenoxy) is 1. The molecule has 0 atom stereocenters. The van der Waals surface area contributed by atoms with Crippen molar-refractivity contribution in [2.75, 3.05) is 6.61 Å². The fourth-order valence-electron chi connectivity index (χ4n) is 0.240. The van der Waals surface area contributed by atoms with Gasteiger partial charge in [-0.3, -0.25) is 9.79 Å². The number of rotatable bonds is 4. The van der Waals surface area contributed by atoms with Crippen LogP contribution in [0.5, 0.6) is 0 Å². The molecule has 0 radical (unpaired) electrons. The molecule has 6 heteroatoms. The molecule has 0 heterocycles. The van der Waals surface area contributed by atoms with Crippen LogP contribution in [0.15, 0.2) is 12.5 Å². The van der Waals surface area contributed by atoms with E-state index in [0.29, 0.717) is 6.61 Å². The van der Waals surface area contributed by atoms with Gasteiger partial charge in [0.2, 0.25) is 0 Å². The van der Waals surface area contributed by atoms with E-state index in [2.05, 4.69) is 9.26 Å². The largest absolute Gasteiger partial charge is 0.524 e. The minimum atomic E-state index is -4.37. The summed E-state index contributed by atoms with van der Waals surface area (Å²) in [6, 6.07) is 0. The van der Waals surface area contributed by atoms with Crippen molar-refractivity contribution in [1.82, 2.24) is 0 Å². The Labute approximate surface area is 58.5 Å². The standard InChI is InChI=1S/C4H9O5P/c1-2-8-3-4-9-10(5,6)7/h3-4H,2H2,1H3,(H2,5,6,7). The van der Waals surface area contributed by atoms with Crippen LogP contribution in [-0.4, -0.2) is 16.4 Å². The summed E-state index contributed by atoms with van der Waals surface area (Å²) in [6.07, 6.45) is 1.88. The van der Waals surface area contributed by atoms with Crippen LogP contribution in [-0.2, 0) is 13.8 Å². The number of phosphoric ester groups is 1. The summed E-state index contributed by atoms with van der Waals surface area (Å²) in [5, 5.41) is 0. The monoisotopic (exact) mass is 168 g/mol. The molecule has 0 unspecified atom stereocenters. The van der Waals surface area contributed by atoms with E-state index in [4.69, 9.17) is 9.79 Å². The minimum Gasteiger partial charge on any atom is -0.498 e. The second-order valence-electron chi connectivity index (χ2n) is 1.32. The van der Waals surface area contributed by atoms with Crippen LogP contribution in [0.3, 0.4) is 0 Å². The first kappa shape index (κ1) is 9.49. The Morgan fingerprint density at radius 2 is 2.10 bits per heavy atom. The molecule has 0 rings (SSSR count). The summed E-state index contributed by atoms with van der Waals surface area (Å²) in [5.74, 6) is 0. The van der Waals surface area contributed by atoms with Crippen LogP contribution in [0.25, 0.3) is 0 Å². The maximum atomic E-state index is 9.96. The zero-order valence-electron chi connectivity index (χ0n) is 5.43. The van der Waals surface area contributed by atoms with E-state index in [1.54, 1.807) is 6.92 Å². The third-order valence-corrected chi connectivity index (χ3v) is 0.913. The normalized spacial score (nSPS) is 11.9. The third kappa shape index (κ3) is 7.49. The van der Waals surface area contributed by atoms with Gasteiger partial charge < -0.3 is 9.26 Å². The van der Waals surface area contributed by atoms with Crippen molar-refractivity contribution in [3.05, 3.63) is 12.5 Å². The molecule has 0 aliphatic rings. The molecule has 0 aliphatic heterocycles. The van der Waals surface area contributed by atoms with Crippen LogP contribution < -0.4 is 0 Å². The van der Waals surface area contributed by atoms with Crippen molar-refractivity contribution in [3.8, 4) is 0 Å². The highest BCUT2D eigenvalue weighted by molar-refractivity contribution is 7.46. The Hall–Kier alpha value is -0.510. The summed E-state index contributed by atoms with van der Waals surface area (Å²) in [5.41, 5.74) is 0. The van der Waals surface area contributed by atoms with Gasteiger partial charge in [0.15, 0.2) is 0 Å². The Morgan fingerprint density at radius 1 is 1.50 bits per heavy atom. The quantitative estimate of drug-likeness (QED) is 0.475. The summed E-state index contributed by atoms with van der Waals surface area (Å²) in [4.78, 5) is 16.2. The van der Waals surface area contributed by atoms with Crippen LogP contribution >= 0.6 is 7.82 Å². The minimum absolute atomic E-state index is 0.432. The van der Waals surface area contributed by atoms with Gasteiger partial charge in [-0.05, 0) is 6.92 Å². The van der Waals surface area contributed by atoms with Crippen LogP contribution in [0.4, 0.5) is 0 Å². The fourth-order valence-corrected chi connectivity index (χ4v) is 0.448. The predicted molar refractivity (Wildman–Crippen MR) is 33.9 cm³/mol. The van der Waals surface area contributed by atoms with Gasteiger partial charge in [0.05, 0.1) is 6.61 Å². The molecule has 0 aromatic rings. The first-order chi connectivity index (χ1) is 4.56. The second kappa shape index (κ2) is 4.33. The van der Waals surface area contributed by atoms with Crippen LogP contribution in [0, 0.1) is 0 Å². The molecule has 0 fully saturated rings. The van der Waals surface area contributed by atoms with Gasteiger partial charge in [0.1, 0.15) is 12.5 Å². The second-order valence-corrected chi connectivity index (χ2v) is 2.52. The summed E-state index contributed by atoms with van der Waals surface area (Å²) in [7, 11) is -4.37. The zero-order chi connectivity index (χ0) is 8.04. The molecule has 0 amide bonds. The highest BCUT2D eigenvalue weighted by atomic mass is 31.2. The van der Waals surface area contributed by atoms with E-state index in [9.17, 15) is 4.57 Å². The lowest BCUT2D eigenvalue weighted by Gasteiger charge is -1.99. The Kier molecular flexibility index (Phi) is 4.11. The highest BCUT2D eigenvalue weighted by Crippen LogP contribution is 2.35. The van der Waals surface area contributed by atoms with Gasteiger partial charge in [-0.15, -0.1) is 0 Å². The molecule has 0 aliphatic carbocycles. The summed E-state index contributed by atoms with van der Waals surface area (Å²) in [6.45, 7) is 2.17. The maximum absolute atomic E-state index is 9.96. The molecule has 2 N–H and O–H groups in total. The molecule has 0 spiro atoms. The molecular weight excluding hydrogens is 159 g/mol. The fraction of sp³-hybridized carbons (Fsp3) is 0.500. The first-order valence-corrected chi connectivity index (χ1v) is 4.10. The van der Waals surface area contributed by atoms with Gasteiger partial charge in [-0.25, -0.2) is 4.57 Å². The smallest absolute Gasteiger partial charge is 0.498 e. The third-order valence-electron chi connectivity index (χ3n) is 0.517. The van der Waals surface area contributed by atoms with E-state index in [-0.39, 0.29) is 0 Å². The molecular formula is C4H9O5P. The lowest BCUT2D eigenvalue weighted by molar-refractivity contribution is 0.231. The van der Waals surface area contributed by atoms with Gasteiger partial charge in [0, 0.05) is 0 Å². The number of phosphoric acid groups is 1. The molecule has 5 nitrogen and oxygen atoms in total. The molecule has 10 heavy (non-hydrogen) atoms. The average molecular weight is 168 g/mol. The van der Waals surface area contributed by atoms with Crippen LogP contribution in [0.1, 0.15) is 6.92 Å². The lowest BCUT2D eigenvalue weighted by atomic mass is 10.9. The van der Waals surface area contributed by atoms with Gasteiger partial charge in [0.25, 0.3) is 0 Å². The van der Waals surface area contributed by atoms with Gasteiger partial charge in [-0.1, -0.05) is 0 Å². The van der Waals surface area contributed by atoms with E-state index >= 15 is 0 Å². The Bertz CT molecular complexity index is 148. The maximum Gasteiger partial charge on any atom is 0.524 e. The van der Waals surface area contributed by atoms with Crippen molar-refractivity contribution in [1.29, 1.82) is 0 Å². The molecule has 0 bridgehead atoms. The van der Waals surface area contributed by atoms with Gasteiger partial charge >= 0.3 is 7.82 Å². The van der Waals surface area contributed by atoms with Crippen molar-refractivity contribution >= 4 is 7.82 Å². The number of hydrogen-bond acceptors (Lipinski definition) is 3. The molecule has 0 saturated heterocycles. The Balaban J connectivity index is 3.44. The van der Waals surface area contributed by atoms with Crippen molar-refractivity contribution in [2.45, 2.75) is 6.92 Å². The van der Waals surface area contributed by atoms with Crippen LogP contribution in [0.2, 0.25) is 0 Å².